The van der Waals surface area contributed by atoms with E-state index in [1.54, 1.807) is 0 Å². The van der Waals surface area contributed by atoms with Crippen molar-refractivity contribution in [3.8, 4) is 0 Å². The quantitative estimate of drug-likeness (QED) is 0.858. The Bertz CT molecular complexity index is 388. The lowest BCUT2D eigenvalue weighted by atomic mass is 9.98. The van der Waals surface area contributed by atoms with E-state index in [0.29, 0.717) is 0 Å². The number of carbonyl (C=O) groups is 1. The maximum atomic E-state index is 12.4. The molecule has 3 N–H and O–H groups in total. The summed E-state index contributed by atoms with van der Waals surface area (Å²) in [5.41, 5.74) is 7.19. The fourth-order valence-electron chi connectivity index (χ4n) is 2.59. The van der Waals surface area contributed by atoms with Gasteiger partial charge >= 0.3 is 0 Å². The van der Waals surface area contributed by atoms with E-state index in [-0.39, 0.29) is 23.9 Å². The number of hydrogen-bond donors (Lipinski definition) is 2. The zero-order chi connectivity index (χ0) is 13.1. The molecule has 18 heavy (non-hydrogen) atoms. The van der Waals surface area contributed by atoms with Crippen LogP contribution in [0, 0.1) is 5.92 Å². The summed E-state index contributed by atoms with van der Waals surface area (Å²) < 4.78 is 0. The molecule has 0 bridgehead atoms. The van der Waals surface area contributed by atoms with Crippen molar-refractivity contribution >= 4 is 5.91 Å². The summed E-state index contributed by atoms with van der Waals surface area (Å²) in [4.78, 5) is 17.6. The molecule has 2 heterocycles. The second-order valence-corrected chi connectivity index (χ2v) is 5.23. The number of H-pyrrole nitrogens is 1. The second kappa shape index (κ2) is 5.57. The fourth-order valence-corrected chi connectivity index (χ4v) is 2.59. The summed E-state index contributed by atoms with van der Waals surface area (Å²) in [6, 6.07) is 3.84. The molecule has 1 aromatic heterocycles. The first-order valence-electron chi connectivity index (χ1n) is 6.84. The predicted octanol–water partition coefficient (Wildman–Crippen LogP) is 2.05. The number of amides is 1. The molecule has 0 saturated carbocycles. The minimum Gasteiger partial charge on any atom is -0.363 e. The van der Waals surface area contributed by atoms with Crippen LogP contribution in [-0.2, 0) is 4.79 Å². The molecule has 4 heteroatoms. The van der Waals surface area contributed by atoms with E-state index in [4.69, 9.17) is 5.73 Å². The van der Waals surface area contributed by atoms with Gasteiger partial charge in [-0.15, -0.1) is 0 Å². The molecule has 1 saturated heterocycles. The lowest BCUT2D eigenvalue weighted by Crippen LogP contribution is -2.46. The van der Waals surface area contributed by atoms with Crippen molar-refractivity contribution in [2.45, 2.75) is 45.2 Å². The monoisotopic (exact) mass is 249 g/mol. The van der Waals surface area contributed by atoms with Crippen molar-refractivity contribution in [3.05, 3.63) is 24.0 Å². The summed E-state index contributed by atoms with van der Waals surface area (Å²) in [5, 5.41) is 0. The maximum Gasteiger partial charge on any atom is 0.240 e. The van der Waals surface area contributed by atoms with Crippen molar-refractivity contribution in [2.24, 2.45) is 11.7 Å². The molecule has 0 spiro atoms. The van der Waals surface area contributed by atoms with Crippen LogP contribution in [0.4, 0.5) is 0 Å². The largest absolute Gasteiger partial charge is 0.363 e. The Morgan fingerprint density at radius 3 is 3.06 bits per heavy atom. The smallest absolute Gasteiger partial charge is 0.240 e. The third kappa shape index (κ3) is 2.43. The van der Waals surface area contributed by atoms with Crippen molar-refractivity contribution in [1.29, 1.82) is 0 Å². The first-order valence-corrected chi connectivity index (χ1v) is 6.84. The number of carbonyl (C=O) groups excluding carboxylic acids is 1. The Hall–Kier alpha value is -1.29. The van der Waals surface area contributed by atoms with Crippen LogP contribution in [0.15, 0.2) is 18.3 Å². The highest BCUT2D eigenvalue weighted by atomic mass is 16.2. The van der Waals surface area contributed by atoms with Gasteiger partial charge in [0.25, 0.3) is 0 Å². The predicted molar refractivity (Wildman–Crippen MR) is 71.9 cm³/mol. The number of nitrogens with two attached hydrogens (primary N) is 1. The van der Waals surface area contributed by atoms with E-state index in [9.17, 15) is 4.79 Å². The zero-order valence-electron chi connectivity index (χ0n) is 11.2. The molecule has 100 valence electrons. The fraction of sp³-hybridized carbons (Fsp3) is 0.643. The van der Waals surface area contributed by atoms with Crippen LogP contribution >= 0.6 is 0 Å². The van der Waals surface area contributed by atoms with E-state index < -0.39 is 0 Å². The lowest BCUT2D eigenvalue weighted by Gasteiger charge is -2.29. The molecule has 0 aromatic carbocycles. The second-order valence-electron chi connectivity index (χ2n) is 5.23. The molecular weight excluding hydrogens is 226 g/mol. The van der Waals surface area contributed by atoms with Gasteiger partial charge < -0.3 is 15.6 Å². The van der Waals surface area contributed by atoms with Crippen LogP contribution in [0.25, 0.3) is 0 Å². The van der Waals surface area contributed by atoms with Crippen LogP contribution in [0.3, 0.4) is 0 Å². The normalized spacial score (nSPS) is 23.1. The molecule has 2 rings (SSSR count). The van der Waals surface area contributed by atoms with Gasteiger partial charge in [0, 0.05) is 18.4 Å². The first kappa shape index (κ1) is 13.1. The summed E-state index contributed by atoms with van der Waals surface area (Å²) >= 11 is 0. The van der Waals surface area contributed by atoms with Gasteiger partial charge in [-0.2, -0.15) is 0 Å². The zero-order valence-corrected chi connectivity index (χ0v) is 11.2. The standard InChI is InChI=1S/C14H23N3O/c1-3-10(2)13(15)14(18)17-9-5-7-12(17)11-6-4-8-16-11/h4,6,8,10,12-13,16H,3,5,7,9,15H2,1-2H3. The summed E-state index contributed by atoms with van der Waals surface area (Å²) in [6.07, 6.45) is 4.93. The summed E-state index contributed by atoms with van der Waals surface area (Å²) in [5.74, 6) is 0.337. The van der Waals surface area contributed by atoms with E-state index in [1.165, 1.54) is 0 Å². The van der Waals surface area contributed by atoms with E-state index in [1.807, 2.05) is 30.2 Å². The number of nitrogens with zero attached hydrogens (tertiary/aromatic N) is 1. The first-order chi connectivity index (χ1) is 8.65. The van der Waals surface area contributed by atoms with Crippen molar-refractivity contribution in [2.75, 3.05) is 6.54 Å². The number of nitrogens with one attached hydrogen (secondary N) is 1. The third-order valence-electron chi connectivity index (χ3n) is 4.06. The molecule has 1 amide bonds. The van der Waals surface area contributed by atoms with Gasteiger partial charge in [0.15, 0.2) is 0 Å². The minimum absolute atomic E-state index is 0.0986. The van der Waals surface area contributed by atoms with Gasteiger partial charge in [-0.05, 0) is 30.9 Å². The SMILES string of the molecule is CCC(C)C(N)C(=O)N1CCCC1c1ccc[nH]1. The maximum absolute atomic E-state index is 12.4. The number of aromatic amines is 1. The third-order valence-corrected chi connectivity index (χ3v) is 4.06. The summed E-state index contributed by atoms with van der Waals surface area (Å²) in [7, 11) is 0. The van der Waals surface area contributed by atoms with Gasteiger partial charge in [-0.3, -0.25) is 4.79 Å². The minimum atomic E-state index is -0.370. The average molecular weight is 249 g/mol. The van der Waals surface area contributed by atoms with Crippen LogP contribution in [0.5, 0.6) is 0 Å². The van der Waals surface area contributed by atoms with Gasteiger partial charge in [0.1, 0.15) is 0 Å². The number of rotatable bonds is 4. The van der Waals surface area contributed by atoms with E-state index >= 15 is 0 Å². The van der Waals surface area contributed by atoms with Crippen LogP contribution < -0.4 is 5.73 Å². The molecule has 3 atom stereocenters. The van der Waals surface area contributed by atoms with Crippen LogP contribution in [-0.4, -0.2) is 28.4 Å². The molecule has 0 aliphatic carbocycles. The van der Waals surface area contributed by atoms with E-state index in [0.717, 1.165) is 31.5 Å². The molecule has 4 nitrogen and oxygen atoms in total. The molecule has 3 unspecified atom stereocenters. The topological polar surface area (TPSA) is 62.1 Å². The number of aromatic nitrogens is 1. The molecule has 1 aromatic rings. The van der Waals surface area contributed by atoms with Crippen molar-refractivity contribution in [3.63, 3.8) is 0 Å². The molecule has 1 fully saturated rings. The molecule has 1 aliphatic rings. The van der Waals surface area contributed by atoms with Crippen molar-refractivity contribution < 1.29 is 4.79 Å². The Morgan fingerprint density at radius 1 is 1.67 bits per heavy atom. The van der Waals surface area contributed by atoms with Gasteiger partial charge in [0.2, 0.25) is 5.91 Å². The van der Waals surface area contributed by atoms with Crippen LogP contribution in [0.2, 0.25) is 0 Å². The molecular formula is C14H23N3O. The van der Waals surface area contributed by atoms with Gasteiger partial charge in [-0.25, -0.2) is 0 Å². The Kier molecular flexibility index (Phi) is 4.07. The van der Waals surface area contributed by atoms with Gasteiger partial charge in [0.05, 0.1) is 12.1 Å². The Balaban J connectivity index is 2.10. The van der Waals surface area contributed by atoms with Crippen LogP contribution in [0.1, 0.15) is 44.8 Å². The molecule has 1 aliphatic heterocycles. The average Bonchev–Trinajstić information content (AvgIpc) is 3.05. The lowest BCUT2D eigenvalue weighted by molar-refractivity contribution is -0.134. The number of likely N-dealkylation sites (tertiary alicyclic amines) is 1. The van der Waals surface area contributed by atoms with Crippen molar-refractivity contribution in [1.82, 2.24) is 9.88 Å². The summed E-state index contributed by atoms with van der Waals surface area (Å²) in [6.45, 7) is 4.94. The van der Waals surface area contributed by atoms with E-state index in [2.05, 4.69) is 11.9 Å². The Morgan fingerprint density at radius 2 is 2.44 bits per heavy atom. The highest BCUT2D eigenvalue weighted by Crippen LogP contribution is 2.31. The Labute approximate surface area is 109 Å². The highest BCUT2D eigenvalue weighted by molar-refractivity contribution is 5.82. The molecule has 0 radical (unpaired) electrons. The van der Waals surface area contributed by atoms with Gasteiger partial charge in [-0.1, -0.05) is 20.3 Å². The number of hydrogen-bond acceptors (Lipinski definition) is 2. The highest BCUT2D eigenvalue weighted by Gasteiger charge is 2.34.